The zero-order valence-electron chi connectivity index (χ0n) is 20.3. The van der Waals surface area contributed by atoms with Crippen molar-refractivity contribution in [1.82, 2.24) is 0 Å². The largest absolute Gasteiger partial charge is 0.507 e. The Hall–Kier alpha value is -2.57. The fourth-order valence-electron chi connectivity index (χ4n) is 7.17. The Balaban J connectivity index is 2.16. The minimum absolute atomic E-state index is 0.0454. The number of rotatable bonds is 2. The molecule has 176 valence electrons. The molecule has 1 fully saturated rings. The average Bonchev–Trinajstić information content (AvgIpc) is 2.73. The lowest BCUT2D eigenvalue weighted by Crippen LogP contribution is -2.69. The Morgan fingerprint density at radius 1 is 1.12 bits per heavy atom. The lowest BCUT2D eigenvalue weighted by atomic mass is 9.36. The molecule has 1 unspecified atom stereocenters. The minimum atomic E-state index is -1.86. The number of fused-ring (bicyclic) bond motifs is 3. The van der Waals surface area contributed by atoms with E-state index in [1.165, 1.54) is 6.92 Å². The van der Waals surface area contributed by atoms with E-state index in [2.05, 4.69) is 0 Å². The molecule has 1 aromatic rings. The number of Topliss-reactive ketones (excluding diaryl/α,β-unsaturated/α-hetero) is 3. The molecule has 0 bridgehead atoms. The van der Waals surface area contributed by atoms with Crippen LogP contribution in [-0.2, 0) is 20.0 Å². The van der Waals surface area contributed by atoms with E-state index in [4.69, 9.17) is 0 Å². The summed E-state index contributed by atoms with van der Waals surface area (Å²) in [5.41, 5.74) is -3.90. The van der Waals surface area contributed by atoms with Crippen molar-refractivity contribution in [1.29, 1.82) is 0 Å². The van der Waals surface area contributed by atoms with E-state index >= 15 is 0 Å². The number of aliphatic hydroxyl groups excluding tert-OH is 2. The number of allylic oxidation sites excluding steroid dienone is 2. The zero-order valence-corrected chi connectivity index (χ0v) is 20.3. The number of hydrogen-bond acceptors (Lipinski definition) is 6. The molecule has 6 nitrogen and oxygen atoms in total. The molecule has 0 aromatic heterocycles. The van der Waals surface area contributed by atoms with Gasteiger partial charge in [-0.05, 0) is 56.6 Å². The molecule has 0 spiro atoms. The van der Waals surface area contributed by atoms with Crippen LogP contribution in [0.5, 0.6) is 0 Å². The van der Waals surface area contributed by atoms with Gasteiger partial charge >= 0.3 is 0 Å². The van der Waals surface area contributed by atoms with Gasteiger partial charge in [0.1, 0.15) is 11.4 Å². The summed E-state index contributed by atoms with van der Waals surface area (Å²) < 4.78 is 0. The first-order valence-electron chi connectivity index (χ1n) is 11.3. The highest BCUT2D eigenvalue weighted by Gasteiger charge is 2.74. The number of aryl methyl sites for hydroxylation is 1. The van der Waals surface area contributed by atoms with Gasteiger partial charge < -0.3 is 15.3 Å². The van der Waals surface area contributed by atoms with E-state index in [0.29, 0.717) is 28.7 Å². The number of aliphatic hydroxyl groups is 3. The fraction of sp³-hybridized carbons (Fsp3) is 0.519. The molecule has 3 N–H and O–H groups in total. The van der Waals surface area contributed by atoms with E-state index in [9.17, 15) is 29.7 Å². The lowest BCUT2D eigenvalue weighted by molar-refractivity contribution is -0.191. The molecule has 0 aliphatic heterocycles. The first-order chi connectivity index (χ1) is 15.2. The van der Waals surface area contributed by atoms with Crippen LogP contribution in [0, 0.1) is 29.1 Å². The molecule has 5 atom stereocenters. The fourth-order valence-corrected chi connectivity index (χ4v) is 7.17. The number of benzene rings is 1. The predicted octanol–water partition coefficient (Wildman–Crippen LogP) is 3.57. The van der Waals surface area contributed by atoms with Gasteiger partial charge in [0.25, 0.3) is 0 Å². The van der Waals surface area contributed by atoms with Gasteiger partial charge in [-0.25, -0.2) is 0 Å². The van der Waals surface area contributed by atoms with Crippen LogP contribution in [0.15, 0.2) is 34.9 Å². The zero-order chi connectivity index (χ0) is 24.9. The summed E-state index contributed by atoms with van der Waals surface area (Å²) in [6.45, 7) is 11.1. The quantitative estimate of drug-likeness (QED) is 0.467. The van der Waals surface area contributed by atoms with Crippen molar-refractivity contribution >= 4 is 23.1 Å². The third kappa shape index (κ3) is 2.33. The Morgan fingerprint density at radius 2 is 1.73 bits per heavy atom. The number of carbonyl (C=O) groups is 3. The Morgan fingerprint density at radius 3 is 2.27 bits per heavy atom. The van der Waals surface area contributed by atoms with Gasteiger partial charge in [0, 0.05) is 16.6 Å². The highest BCUT2D eigenvalue weighted by molar-refractivity contribution is 6.31. The third-order valence-corrected chi connectivity index (χ3v) is 9.54. The van der Waals surface area contributed by atoms with Crippen LogP contribution in [0.2, 0.25) is 0 Å². The summed E-state index contributed by atoms with van der Waals surface area (Å²) in [5.74, 6) is -2.32. The smallest absolute Gasteiger partial charge is 0.180 e. The van der Waals surface area contributed by atoms with E-state index in [0.717, 1.165) is 0 Å². The number of hydrogen-bond donors (Lipinski definition) is 3. The monoisotopic (exact) mass is 452 g/mol. The Bertz CT molecular complexity index is 1200. The lowest BCUT2D eigenvalue weighted by Gasteiger charge is -2.65. The molecular formula is C27H32O6. The molecule has 4 rings (SSSR count). The van der Waals surface area contributed by atoms with Crippen LogP contribution in [-0.4, -0.2) is 39.3 Å². The molecule has 0 radical (unpaired) electrons. The van der Waals surface area contributed by atoms with Crippen molar-refractivity contribution in [2.75, 3.05) is 6.61 Å². The summed E-state index contributed by atoms with van der Waals surface area (Å²) in [6.07, 6.45) is 0.308. The van der Waals surface area contributed by atoms with E-state index in [1.807, 2.05) is 13.8 Å². The molecule has 0 heterocycles. The first kappa shape index (κ1) is 23.6. The predicted molar refractivity (Wildman–Crippen MR) is 123 cm³/mol. The van der Waals surface area contributed by atoms with Crippen LogP contribution in [0.3, 0.4) is 0 Å². The number of ketones is 3. The van der Waals surface area contributed by atoms with Crippen LogP contribution >= 0.6 is 0 Å². The van der Waals surface area contributed by atoms with E-state index < -0.39 is 45.9 Å². The molecule has 3 aliphatic carbocycles. The number of carbonyl (C=O) groups excluding carboxylic acids is 3. The second-order valence-corrected chi connectivity index (χ2v) is 10.8. The molecular weight excluding hydrogens is 420 g/mol. The van der Waals surface area contributed by atoms with Crippen molar-refractivity contribution in [2.45, 2.75) is 60.5 Å². The van der Waals surface area contributed by atoms with Gasteiger partial charge in [-0.2, -0.15) is 0 Å². The van der Waals surface area contributed by atoms with Gasteiger partial charge in [-0.15, -0.1) is 0 Å². The third-order valence-electron chi connectivity index (χ3n) is 9.54. The Kier molecular flexibility index (Phi) is 4.81. The Labute approximate surface area is 194 Å². The maximum atomic E-state index is 14.3. The molecule has 0 saturated heterocycles. The van der Waals surface area contributed by atoms with Crippen LogP contribution in [0.1, 0.15) is 64.7 Å². The maximum absolute atomic E-state index is 14.3. The average molecular weight is 453 g/mol. The molecule has 0 amide bonds. The van der Waals surface area contributed by atoms with Crippen molar-refractivity contribution in [3.8, 4) is 0 Å². The van der Waals surface area contributed by atoms with Crippen molar-refractivity contribution in [3.63, 3.8) is 0 Å². The van der Waals surface area contributed by atoms with Crippen LogP contribution < -0.4 is 0 Å². The molecule has 1 aromatic carbocycles. The standard InChI is InChI=1S/C27H32O6/c1-13-9-8-10-17-19(13)21(30)20-23(32)26(7)22(31)18(15(3)29)14(2)11-24(26,5)16(4)25(20,6)27(17,33)12-28/h8-10,16,28,30,33H,11-12H2,1-7H3/t16-,24-,25+,26+,27?/m0/s1. The summed E-state index contributed by atoms with van der Waals surface area (Å²) in [4.78, 5) is 40.5. The highest BCUT2D eigenvalue weighted by Crippen LogP contribution is 2.71. The SMILES string of the molecule is CC(=O)C1=C(C)C[C@@]2(C)[C@H](C)[C@]3(C)C(=C(O)c4c(C)cccc4C3(O)CO)C(=O)[C@@]2(C)C1=O. The summed E-state index contributed by atoms with van der Waals surface area (Å²) in [6, 6.07) is 5.16. The maximum Gasteiger partial charge on any atom is 0.180 e. The summed E-state index contributed by atoms with van der Waals surface area (Å²) in [7, 11) is 0. The molecule has 1 saturated carbocycles. The van der Waals surface area contributed by atoms with Gasteiger partial charge in [0.15, 0.2) is 17.3 Å². The van der Waals surface area contributed by atoms with E-state index in [1.54, 1.807) is 45.9 Å². The van der Waals surface area contributed by atoms with Crippen molar-refractivity contribution in [2.24, 2.45) is 22.2 Å². The summed E-state index contributed by atoms with van der Waals surface area (Å²) in [5, 5.41) is 34.1. The minimum Gasteiger partial charge on any atom is -0.507 e. The van der Waals surface area contributed by atoms with Crippen molar-refractivity contribution in [3.05, 3.63) is 51.6 Å². The first-order valence-corrected chi connectivity index (χ1v) is 11.3. The molecule has 6 heteroatoms. The van der Waals surface area contributed by atoms with Gasteiger partial charge in [0.05, 0.1) is 17.6 Å². The van der Waals surface area contributed by atoms with Crippen LogP contribution in [0.4, 0.5) is 0 Å². The normalized spacial score (nSPS) is 38.2. The van der Waals surface area contributed by atoms with Gasteiger partial charge in [-0.1, -0.05) is 44.5 Å². The second-order valence-electron chi connectivity index (χ2n) is 10.8. The summed E-state index contributed by atoms with van der Waals surface area (Å²) >= 11 is 0. The van der Waals surface area contributed by atoms with Gasteiger partial charge in [-0.3, -0.25) is 14.4 Å². The molecule has 33 heavy (non-hydrogen) atoms. The highest BCUT2D eigenvalue weighted by atomic mass is 16.3. The topological polar surface area (TPSA) is 112 Å². The van der Waals surface area contributed by atoms with Gasteiger partial charge in [0.2, 0.25) is 0 Å². The second kappa shape index (κ2) is 6.73. The van der Waals surface area contributed by atoms with Crippen LogP contribution in [0.25, 0.3) is 5.76 Å². The van der Waals surface area contributed by atoms with E-state index in [-0.39, 0.29) is 22.7 Å². The van der Waals surface area contributed by atoms with Crippen molar-refractivity contribution < 1.29 is 29.7 Å². The molecule has 3 aliphatic rings.